The van der Waals surface area contributed by atoms with Crippen molar-refractivity contribution in [1.82, 2.24) is 10.2 Å². The van der Waals surface area contributed by atoms with E-state index in [1.807, 2.05) is 43.3 Å². The number of rotatable bonds is 4. The second kappa shape index (κ2) is 7.60. The molecule has 0 unspecified atom stereocenters. The fourth-order valence-corrected chi connectivity index (χ4v) is 3.68. The van der Waals surface area contributed by atoms with Gasteiger partial charge in [0.1, 0.15) is 0 Å². The zero-order chi connectivity index (χ0) is 17.9. The number of aryl methyl sites for hydroxylation is 1. The van der Waals surface area contributed by atoms with E-state index in [0.29, 0.717) is 46.6 Å². The van der Waals surface area contributed by atoms with Crippen LogP contribution in [0.2, 0.25) is 5.02 Å². The van der Waals surface area contributed by atoms with Gasteiger partial charge in [0.05, 0.1) is 18.2 Å². The maximum atomic E-state index is 6.34. The monoisotopic (exact) mass is 388 g/mol. The molecule has 0 N–H and O–H groups in total. The molecule has 4 rings (SSSR count). The first-order valence-corrected chi connectivity index (χ1v) is 9.67. The molecule has 5 nitrogen and oxygen atoms in total. The van der Waals surface area contributed by atoms with Crippen LogP contribution in [0.1, 0.15) is 17.5 Å². The summed E-state index contributed by atoms with van der Waals surface area (Å²) in [6.07, 6.45) is 0.846. The molecule has 0 bridgehead atoms. The minimum atomic E-state index is 0.520. The van der Waals surface area contributed by atoms with Crippen molar-refractivity contribution in [1.29, 1.82) is 0 Å². The number of hydrogen-bond donors (Lipinski definition) is 0. The van der Waals surface area contributed by atoms with Crippen molar-refractivity contribution in [3.63, 3.8) is 0 Å². The molecule has 0 spiro atoms. The van der Waals surface area contributed by atoms with Gasteiger partial charge in [0.2, 0.25) is 5.89 Å². The number of halogens is 1. The number of nitrogens with zero attached hydrogens (tertiary/aromatic N) is 2. The average molecular weight is 389 g/mol. The van der Waals surface area contributed by atoms with Crippen molar-refractivity contribution in [3.05, 3.63) is 52.5 Å². The second-order valence-corrected chi connectivity index (χ2v) is 7.27. The zero-order valence-electron chi connectivity index (χ0n) is 14.2. The predicted molar refractivity (Wildman–Crippen MR) is 101 cm³/mol. The summed E-state index contributed by atoms with van der Waals surface area (Å²) in [6, 6.07) is 11.8. The van der Waals surface area contributed by atoms with E-state index < -0.39 is 0 Å². The van der Waals surface area contributed by atoms with Gasteiger partial charge in [-0.3, -0.25) is 0 Å². The molecular formula is C19H17ClN2O3S. The lowest BCUT2D eigenvalue weighted by atomic mass is 10.1. The van der Waals surface area contributed by atoms with E-state index in [-0.39, 0.29) is 0 Å². The molecular weight excluding hydrogens is 372 g/mol. The summed E-state index contributed by atoms with van der Waals surface area (Å²) in [5.74, 6) is 2.49. The van der Waals surface area contributed by atoms with Crippen LogP contribution in [0.3, 0.4) is 0 Å². The predicted octanol–water partition coefficient (Wildman–Crippen LogP) is 5.15. The number of fused-ring (bicyclic) bond motifs is 1. The van der Waals surface area contributed by atoms with Crippen LogP contribution in [0.15, 0.2) is 46.0 Å². The minimum Gasteiger partial charge on any atom is -0.489 e. The first-order valence-electron chi connectivity index (χ1n) is 8.31. The van der Waals surface area contributed by atoms with Gasteiger partial charge in [-0.25, -0.2) is 0 Å². The normalized spacial score (nSPS) is 13.5. The first kappa shape index (κ1) is 17.2. The lowest BCUT2D eigenvalue weighted by molar-refractivity contribution is 0.297. The van der Waals surface area contributed by atoms with Crippen molar-refractivity contribution >= 4 is 23.4 Å². The van der Waals surface area contributed by atoms with Gasteiger partial charge in [0.25, 0.3) is 5.22 Å². The fraction of sp³-hybridized carbons (Fsp3) is 0.263. The number of thioether (sulfide) groups is 1. The molecule has 7 heteroatoms. The van der Waals surface area contributed by atoms with Crippen molar-refractivity contribution in [2.24, 2.45) is 0 Å². The number of hydrogen-bond acceptors (Lipinski definition) is 6. The molecule has 2 heterocycles. The summed E-state index contributed by atoms with van der Waals surface area (Å²) in [7, 11) is 0. The molecule has 0 aliphatic carbocycles. The highest BCUT2D eigenvalue weighted by Crippen LogP contribution is 2.39. The quantitative estimate of drug-likeness (QED) is 0.576. The third kappa shape index (κ3) is 3.66. The number of ether oxygens (including phenoxy) is 2. The van der Waals surface area contributed by atoms with Gasteiger partial charge in [-0.1, -0.05) is 41.6 Å². The van der Waals surface area contributed by atoms with Crippen molar-refractivity contribution < 1.29 is 13.9 Å². The Morgan fingerprint density at radius 1 is 1.12 bits per heavy atom. The molecule has 1 aliphatic heterocycles. The van der Waals surface area contributed by atoms with Gasteiger partial charge in [-0.2, -0.15) is 0 Å². The van der Waals surface area contributed by atoms with Crippen LogP contribution in [-0.4, -0.2) is 23.4 Å². The molecule has 0 saturated carbocycles. The van der Waals surface area contributed by atoms with E-state index in [0.717, 1.165) is 23.1 Å². The molecule has 1 aromatic heterocycles. The Labute approximate surface area is 160 Å². The van der Waals surface area contributed by atoms with E-state index in [4.69, 9.17) is 25.5 Å². The summed E-state index contributed by atoms with van der Waals surface area (Å²) in [5, 5.41) is 9.36. The second-order valence-electron chi connectivity index (χ2n) is 5.93. The Morgan fingerprint density at radius 3 is 2.85 bits per heavy atom. The maximum Gasteiger partial charge on any atom is 0.277 e. The van der Waals surface area contributed by atoms with Gasteiger partial charge in [-0.15, -0.1) is 10.2 Å². The van der Waals surface area contributed by atoms with E-state index in [2.05, 4.69) is 10.2 Å². The standard InChI is InChI=1S/C19H17ClN2O3S/c1-12-5-2-3-6-14(12)18-21-22-19(25-18)26-11-13-9-15(20)17-16(10-13)23-7-4-8-24-17/h2-3,5-6,9-10H,4,7-8,11H2,1H3. The summed E-state index contributed by atoms with van der Waals surface area (Å²) < 4.78 is 17.2. The Bertz CT molecular complexity index is 929. The maximum absolute atomic E-state index is 6.34. The Hall–Kier alpha value is -2.18. The van der Waals surface area contributed by atoms with Gasteiger partial charge in [0.15, 0.2) is 11.5 Å². The van der Waals surface area contributed by atoms with Crippen LogP contribution in [0.25, 0.3) is 11.5 Å². The lowest BCUT2D eigenvalue weighted by Crippen LogP contribution is -1.97. The van der Waals surface area contributed by atoms with Crippen LogP contribution in [0.5, 0.6) is 11.5 Å². The van der Waals surface area contributed by atoms with Gasteiger partial charge in [-0.05, 0) is 36.2 Å². The third-order valence-electron chi connectivity index (χ3n) is 4.01. The molecule has 0 fully saturated rings. The first-order chi connectivity index (χ1) is 12.7. The summed E-state index contributed by atoms with van der Waals surface area (Å²) in [4.78, 5) is 0. The van der Waals surface area contributed by atoms with Gasteiger partial charge < -0.3 is 13.9 Å². The third-order valence-corrected chi connectivity index (χ3v) is 5.18. The fourth-order valence-electron chi connectivity index (χ4n) is 2.70. The summed E-state index contributed by atoms with van der Waals surface area (Å²) >= 11 is 7.80. The summed E-state index contributed by atoms with van der Waals surface area (Å²) in [5.41, 5.74) is 3.06. The van der Waals surface area contributed by atoms with Crippen LogP contribution in [-0.2, 0) is 5.75 Å². The van der Waals surface area contributed by atoms with E-state index in [9.17, 15) is 0 Å². The van der Waals surface area contributed by atoms with E-state index in [1.54, 1.807) is 0 Å². The van der Waals surface area contributed by atoms with Crippen LogP contribution >= 0.6 is 23.4 Å². The average Bonchev–Trinajstić information content (AvgIpc) is 2.97. The SMILES string of the molecule is Cc1ccccc1-c1nnc(SCc2cc(Cl)c3c(c2)OCCCO3)o1. The molecule has 0 radical (unpaired) electrons. The van der Waals surface area contributed by atoms with Crippen LogP contribution < -0.4 is 9.47 Å². The summed E-state index contributed by atoms with van der Waals surface area (Å²) in [6.45, 7) is 3.26. The van der Waals surface area contributed by atoms with Crippen molar-refractivity contribution in [3.8, 4) is 23.0 Å². The topological polar surface area (TPSA) is 57.4 Å². The molecule has 134 valence electrons. The lowest BCUT2D eigenvalue weighted by Gasteiger charge is -2.11. The molecule has 26 heavy (non-hydrogen) atoms. The van der Waals surface area contributed by atoms with Crippen molar-refractivity contribution in [2.45, 2.75) is 24.3 Å². The van der Waals surface area contributed by atoms with Crippen LogP contribution in [0.4, 0.5) is 0 Å². The molecule has 0 atom stereocenters. The highest BCUT2D eigenvalue weighted by molar-refractivity contribution is 7.98. The molecule has 2 aromatic carbocycles. The zero-order valence-corrected chi connectivity index (χ0v) is 15.8. The molecule has 3 aromatic rings. The molecule has 0 amide bonds. The largest absolute Gasteiger partial charge is 0.489 e. The smallest absolute Gasteiger partial charge is 0.277 e. The Kier molecular flexibility index (Phi) is 5.04. The van der Waals surface area contributed by atoms with E-state index >= 15 is 0 Å². The van der Waals surface area contributed by atoms with Gasteiger partial charge in [0, 0.05) is 17.7 Å². The van der Waals surface area contributed by atoms with Gasteiger partial charge >= 0.3 is 0 Å². The molecule has 0 saturated heterocycles. The minimum absolute atomic E-state index is 0.520. The van der Waals surface area contributed by atoms with Crippen molar-refractivity contribution in [2.75, 3.05) is 13.2 Å². The number of aromatic nitrogens is 2. The van der Waals surface area contributed by atoms with Crippen LogP contribution in [0, 0.1) is 6.92 Å². The van der Waals surface area contributed by atoms with E-state index in [1.165, 1.54) is 11.8 Å². The highest BCUT2D eigenvalue weighted by Gasteiger charge is 2.17. The number of benzene rings is 2. The molecule has 1 aliphatic rings. The highest BCUT2D eigenvalue weighted by atomic mass is 35.5. The Morgan fingerprint density at radius 2 is 1.96 bits per heavy atom. The Balaban J connectivity index is 1.49.